The monoisotopic (exact) mass is 1860 g/mol. The highest BCUT2D eigenvalue weighted by atomic mass is 35.5. The van der Waals surface area contributed by atoms with Crippen LogP contribution in [-0.4, -0.2) is 121 Å². The van der Waals surface area contributed by atoms with Gasteiger partial charge in [0.15, 0.2) is 11.6 Å². The van der Waals surface area contributed by atoms with E-state index in [2.05, 4.69) is 93.5 Å². The maximum atomic E-state index is 13.9. The largest absolute Gasteiger partial charge is 0.477 e. The third-order valence-electron chi connectivity index (χ3n) is 22.8. The lowest BCUT2D eigenvalue weighted by molar-refractivity contribution is -0.126. The Balaban J connectivity index is 0.000000194. The number of nitrogens with zero attached hydrogens (tertiary/aromatic N) is 9. The fourth-order valence-electron chi connectivity index (χ4n) is 15.7. The SMILES string of the molecule is CC(C)(C)C#Cc1cc(N(C(=O)c2ccc(Cl)cc2)C2CCC(O)CC2)c(C(=O)O)s1.CC1CCC(C(=O)C(c2cc(C#CC(C)(C)C)sc2C(=O)O)C(C)c2nc(C(C)C)no2)CC1.CC1CCC(C(=O)N(c2cc(C#CC(C)(C)C)sc2C(=O)O)C(C)Cn2cccn2)CC1.CCc1noc(CN(C(=O)C2CCC(C)CC2)c2cc(C#CC(C)(C)C)sc2C(=O)O)n1. The Morgan fingerprint density at radius 1 is 0.535 bits per heavy atom. The Bertz CT molecular complexity index is 5490. The third kappa shape index (κ3) is 29.7. The molecule has 3 unspecified atom stereocenters. The van der Waals surface area contributed by atoms with Crippen molar-refractivity contribution in [3.63, 3.8) is 0 Å². The number of aliphatic hydroxyl groups excluding tert-OH is 1. The summed E-state index contributed by atoms with van der Waals surface area (Å²) in [6.45, 7) is 40.9. The molecule has 4 aliphatic carbocycles. The molecule has 4 saturated carbocycles. The number of amides is 3. The Kier molecular flexibility index (Phi) is 36.0. The van der Waals surface area contributed by atoms with E-state index >= 15 is 0 Å². The molecule has 0 spiro atoms. The number of aryl methyl sites for hydroxylation is 1. The molecule has 12 rings (SSSR count). The van der Waals surface area contributed by atoms with Crippen molar-refractivity contribution in [1.29, 1.82) is 0 Å². The molecule has 4 fully saturated rings. The zero-order chi connectivity index (χ0) is 94.9. The van der Waals surface area contributed by atoms with Gasteiger partial charge in [0.05, 0.1) is 61.2 Å². The lowest BCUT2D eigenvalue weighted by Crippen LogP contribution is -2.45. The third-order valence-corrected chi connectivity index (χ3v) is 27.2. The van der Waals surface area contributed by atoms with Gasteiger partial charge in [0.25, 0.3) is 5.91 Å². The topological polar surface area (TPSA) is 343 Å². The van der Waals surface area contributed by atoms with Crippen LogP contribution in [0.15, 0.2) is 76.0 Å². The van der Waals surface area contributed by atoms with Crippen LogP contribution in [0.1, 0.15) is 357 Å². The van der Waals surface area contributed by atoms with Gasteiger partial charge in [-0.2, -0.15) is 15.1 Å². The highest BCUT2D eigenvalue weighted by Crippen LogP contribution is 2.45. The summed E-state index contributed by atoms with van der Waals surface area (Å²) in [7, 11) is 0. The van der Waals surface area contributed by atoms with E-state index in [-0.39, 0.29) is 107 Å². The zero-order valence-corrected chi connectivity index (χ0v) is 82.1. The second-order valence-electron chi connectivity index (χ2n) is 39.1. The summed E-state index contributed by atoms with van der Waals surface area (Å²) < 4.78 is 12.7. The minimum atomic E-state index is -1.09. The normalized spacial score (nSPS) is 19.4. The standard InChI is InChI=1S/C27H36N2O4S.C25H33N3O3S.C24H26ClNO4S.C24H31N3O4S/c1-15(2)24-28-25(33-29-24)17(4)21(22(30)18-10-8-16(3)9-11-18)20-14-19(12-13-27(5,6)7)34-23(20)26(31)32;1-17-7-9-19(10-8-17)23(29)28(18(2)16-27-14-6-13-26-27)21-15-20(11-12-25(3,4)5)32-22(21)24(30)31;1-24(2,3)13-12-19-14-20(21(31-19)23(29)30)26(17-8-10-18(27)11-9-17)22(28)15-4-6-16(25)7-5-15;1-6-19-25-20(31-26-19)14-27(22(28)16-9-7-15(2)8-10-16)18-13-17(11-12-24(3,4)5)32-21(18)23(29)30/h14-18,21H,8-11H2,1-7H3,(H,31,32);6,13-15,17-19H,7-10,16H2,1-5H3,(H,30,31);4-7,14,17-18,27H,8-11H2,1-3H3,(H,29,30);13,15-16H,6-10,14H2,1-5H3,(H,29,30). The molecule has 692 valence electrons. The molecule has 8 aromatic rings. The number of halogens is 1. The van der Waals surface area contributed by atoms with Crippen LogP contribution < -0.4 is 14.7 Å². The molecular formula is C100H126ClN9O15S4. The molecule has 129 heavy (non-hydrogen) atoms. The quantitative estimate of drug-likeness (QED) is 0.0371. The van der Waals surface area contributed by atoms with Crippen molar-refractivity contribution in [2.45, 2.75) is 297 Å². The molecule has 24 nitrogen and oxygen atoms in total. The Labute approximate surface area is 780 Å². The first-order valence-electron chi connectivity index (χ1n) is 44.7. The number of anilines is 3. The number of carbonyl (C=O) groups excluding carboxylic acids is 4. The zero-order valence-electron chi connectivity index (χ0n) is 78.1. The van der Waals surface area contributed by atoms with Gasteiger partial charge in [0.2, 0.25) is 23.6 Å². The van der Waals surface area contributed by atoms with Crippen LogP contribution in [0.3, 0.4) is 0 Å². The van der Waals surface area contributed by atoms with Crippen molar-refractivity contribution in [3.05, 3.63) is 146 Å². The number of aliphatic hydroxyl groups is 1. The van der Waals surface area contributed by atoms with Crippen LogP contribution in [0.2, 0.25) is 5.02 Å². The van der Waals surface area contributed by atoms with E-state index in [1.54, 1.807) is 69.2 Å². The lowest BCUT2D eigenvalue weighted by Gasteiger charge is -2.35. The van der Waals surface area contributed by atoms with Gasteiger partial charge < -0.3 is 49.3 Å². The van der Waals surface area contributed by atoms with Gasteiger partial charge in [0, 0.05) is 86.7 Å². The molecule has 5 N–H and O–H groups in total. The second kappa shape index (κ2) is 45.2. The maximum absolute atomic E-state index is 13.9. The highest BCUT2D eigenvalue weighted by Gasteiger charge is 2.42. The number of rotatable bonds is 23. The van der Waals surface area contributed by atoms with E-state index in [9.17, 15) is 63.9 Å². The number of Topliss-reactive ketones (excluding diaryl/α,β-unsaturated/α-hetero) is 1. The van der Waals surface area contributed by atoms with Crippen LogP contribution in [0.5, 0.6) is 0 Å². The Morgan fingerprint density at radius 2 is 0.969 bits per heavy atom. The Hall–Kier alpha value is -10.0. The van der Waals surface area contributed by atoms with Gasteiger partial charge in [-0.25, -0.2) is 19.2 Å². The van der Waals surface area contributed by atoms with Crippen LogP contribution in [0.25, 0.3) is 0 Å². The molecule has 3 atom stereocenters. The summed E-state index contributed by atoms with van der Waals surface area (Å²) in [5, 5.41) is 62.4. The van der Waals surface area contributed by atoms with Crippen molar-refractivity contribution < 1.29 is 72.9 Å². The predicted octanol–water partition coefficient (Wildman–Crippen LogP) is 22.5. The second-order valence-corrected chi connectivity index (χ2v) is 43.7. The molecular weight excluding hydrogens is 1730 g/mol. The summed E-state index contributed by atoms with van der Waals surface area (Å²) in [6, 6.07) is 14.9. The maximum Gasteiger partial charge on any atom is 0.348 e. The summed E-state index contributed by atoms with van der Waals surface area (Å²) in [4.78, 5) is 120. The summed E-state index contributed by atoms with van der Waals surface area (Å²) >= 11 is 10.4. The number of ketones is 1. The van der Waals surface area contributed by atoms with Gasteiger partial charge in [-0.05, 0) is 258 Å². The molecule has 4 aliphatic rings. The van der Waals surface area contributed by atoms with E-state index in [1.807, 2.05) is 130 Å². The summed E-state index contributed by atoms with van der Waals surface area (Å²) in [5.41, 5.74) is 1.23. The number of hydrogen-bond donors (Lipinski definition) is 5. The number of aromatic carboxylic acids is 4. The molecule has 3 amide bonds. The first kappa shape index (κ1) is 103. The minimum absolute atomic E-state index is 0.00665. The van der Waals surface area contributed by atoms with Gasteiger partial charge in [-0.1, -0.05) is 131 Å². The smallest absolute Gasteiger partial charge is 0.348 e. The Morgan fingerprint density at radius 3 is 1.40 bits per heavy atom. The van der Waals surface area contributed by atoms with Crippen molar-refractivity contribution in [1.82, 2.24) is 30.1 Å². The number of hydrogen-bond acceptors (Lipinski definition) is 20. The van der Waals surface area contributed by atoms with Crippen molar-refractivity contribution in [2.75, 3.05) is 14.7 Å². The van der Waals surface area contributed by atoms with Crippen molar-refractivity contribution in [2.24, 2.45) is 57.2 Å². The van der Waals surface area contributed by atoms with Crippen LogP contribution in [-0.2, 0) is 33.9 Å². The van der Waals surface area contributed by atoms with E-state index in [4.69, 9.17) is 20.6 Å². The average molecular weight is 1860 g/mol. The van der Waals surface area contributed by atoms with E-state index in [0.29, 0.717) is 133 Å². The highest BCUT2D eigenvalue weighted by molar-refractivity contribution is 7.16. The lowest BCUT2D eigenvalue weighted by atomic mass is 9.73. The first-order valence-corrected chi connectivity index (χ1v) is 48.4. The number of benzene rings is 1. The van der Waals surface area contributed by atoms with Gasteiger partial charge in [0.1, 0.15) is 31.8 Å². The molecule has 1 aromatic carbocycles. The minimum Gasteiger partial charge on any atom is -0.477 e. The van der Waals surface area contributed by atoms with Crippen molar-refractivity contribution in [3.8, 4) is 47.4 Å². The van der Waals surface area contributed by atoms with E-state index in [1.165, 1.54) is 4.90 Å². The molecule has 0 bridgehead atoms. The molecule has 29 heteroatoms. The average Bonchev–Trinajstić information content (AvgIpc) is 1.67. The molecule has 0 aliphatic heterocycles. The number of carboxylic acid groups (broad SMARTS) is 4. The summed E-state index contributed by atoms with van der Waals surface area (Å²) in [5.74, 6) is 22.7. The van der Waals surface area contributed by atoms with Crippen LogP contribution >= 0.6 is 56.9 Å². The van der Waals surface area contributed by atoms with E-state index in [0.717, 1.165) is 122 Å². The molecule has 0 radical (unpaired) electrons. The van der Waals surface area contributed by atoms with E-state index < -0.39 is 41.8 Å². The van der Waals surface area contributed by atoms with Crippen molar-refractivity contribution >= 4 is 121 Å². The molecule has 0 saturated heterocycles. The summed E-state index contributed by atoms with van der Waals surface area (Å²) in [6.07, 6.45) is 17.1. The van der Waals surface area contributed by atoms with Crippen LogP contribution in [0, 0.1) is 105 Å². The predicted molar refractivity (Wildman–Crippen MR) is 509 cm³/mol. The van der Waals surface area contributed by atoms with Gasteiger partial charge in [-0.15, -0.1) is 45.3 Å². The fraction of sp³-hybridized carbons (Fsp3) is 0.550. The van der Waals surface area contributed by atoms with Gasteiger partial charge in [-0.3, -0.25) is 23.9 Å². The number of thiophene rings is 4. The molecule has 7 aromatic heterocycles. The fourth-order valence-corrected chi connectivity index (χ4v) is 19.2. The number of carboxylic acids is 4. The number of aromatic nitrogens is 6. The first-order chi connectivity index (χ1) is 60.5. The van der Waals surface area contributed by atoms with Crippen LogP contribution in [0.4, 0.5) is 17.1 Å². The van der Waals surface area contributed by atoms with Gasteiger partial charge >= 0.3 is 23.9 Å². The molecule has 7 heterocycles. The number of carbonyl (C=O) groups is 8.